The molecule has 7 nitrogen and oxygen atoms in total. The van der Waals surface area contributed by atoms with Crippen LogP contribution in [0.4, 0.5) is 0 Å². The van der Waals surface area contributed by atoms with E-state index in [2.05, 4.69) is 5.32 Å². The van der Waals surface area contributed by atoms with E-state index in [0.29, 0.717) is 25.4 Å². The van der Waals surface area contributed by atoms with Crippen LogP contribution < -0.4 is 19.5 Å². The van der Waals surface area contributed by atoms with E-state index in [4.69, 9.17) is 14.2 Å². The highest BCUT2D eigenvalue weighted by Crippen LogP contribution is 2.39. The Bertz CT molecular complexity index is 607. The Balaban J connectivity index is 2.58. The Kier molecular flexibility index (Phi) is 5.15. The van der Waals surface area contributed by atoms with Gasteiger partial charge >= 0.3 is 0 Å². The number of methoxy groups -OCH3 is 3. The second kappa shape index (κ2) is 6.72. The summed E-state index contributed by atoms with van der Waals surface area (Å²) in [5, 5.41) is 3.17. The van der Waals surface area contributed by atoms with Gasteiger partial charge in [-0.05, 0) is 6.92 Å². The molecule has 1 aliphatic heterocycles. The topological polar surface area (TPSA) is 77.1 Å². The minimum Gasteiger partial charge on any atom is -0.496 e. The number of sulfonamides is 1. The molecule has 1 aromatic rings. The van der Waals surface area contributed by atoms with Crippen molar-refractivity contribution in [2.75, 3.05) is 41.0 Å². The minimum atomic E-state index is -3.73. The monoisotopic (exact) mass is 330 g/mol. The summed E-state index contributed by atoms with van der Waals surface area (Å²) in [5.41, 5.74) is 0. The molecule has 0 bridgehead atoms. The van der Waals surface area contributed by atoms with Gasteiger partial charge in [-0.2, -0.15) is 4.31 Å². The van der Waals surface area contributed by atoms with Gasteiger partial charge in [0, 0.05) is 37.8 Å². The van der Waals surface area contributed by atoms with E-state index in [1.54, 1.807) is 12.1 Å². The van der Waals surface area contributed by atoms with E-state index in [9.17, 15) is 8.42 Å². The third kappa shape index (κ3) is 2.99. The van der Waals surface area contributed by atoms with Gasteiger partial charge in [0.15, 0.2) is 4.90 Å². The number of hydrogen-bond donors (Lipinski definition) is 1. The predicted octanol–water partition coefficient (Wildman–Crippen LogP) is 0.695. The van der Waals surface area contributed by atoms with Crippen molar-refractivity contribution in [1.82, 2.24) is 9.62 Å². The Morgan fingerprint density at radius 1 is 1.14 bits per heavy atom. The third-order valence-electron chi connectivity index (χ3n) is 3.68. The number of hydrogen-bond acceptors (Lipinski definition) is 6. The summed E-state index contributed by atoms with van der Waals surface area (Å²) in [7, 11) is 0.617. The van der Waals surface area contributed by atoms with Gasteiger partial charge < -0.3 is 19.5 Å². The molecule has 2 rings (SSSR count). The smallest absolute Gasteiger partial charge is 0.250 e. The maximum atomic E-state index is 13.1. The maximum Gasteiger partial charge on any atom is 0.250 e. The summed E-state index contributed by atoms with van der Waals surface area (Å²) < 4.78 is 43.3. The van der Waals surface area contributed by atoms with Gasteiger partial charge in [0.2, 0.25) is 0 Å². The van der Waals surface area contributed by atoms with Crippen LogP contribution in [0.5, 0.6) is 17.2 Å². The van der Waals surface area contributed by atoms with Crippen molar-refractivity contribution in [3.8, 4) is 17.2 Å². The Morgan fingerprint density at radius 2 is 1.73 bits per heavy atom. The Hall–Kier alpha value is -1.51. The number of piperazine rings is 1. The van der Waals surface area contributed by atoms with Crippen molar-refractivity contribution in [2.45, 2.75) is 17.9 Å². The molecule has 124 valence electrons. The lowest BCUT2D eigenvalue weighted by atomic mass is 10.3. The van der Waals surface area contributed by atoms with Crippen LogP contribution in [-0.2, 0) is 10.0 Å². The molecule has 22 heavy (non-hydrogen) atoms. The van der Waals surface area contributed by atoms with Crippen LogP contribution in [-0.4, -0.2) is 59.7 Å². The lowest BCUT2D eigenvalue weighted by Crippen LogP contribution is -2.52. The molecule has 1 fully saturated rings. The van der Waals surface area contributed by atoms with Crippen molar-refractivity contribution in [2.24, 2.45) is 0 Å². The lowest BCUT2D eigenvalue weighted by Gasteiger charge is -2.33. The van der Waals surface area contributed by atoms with Crippen LogP contribution >= 0.6 is 0 Å². The number of nitrogens with zero attached hydrogens (tertiary/aromatic N) is 1. The van der Waals surface area contributed by atoms with Gasteiger partial charge in [-0.3, -0.25) is 0 Å². The molecule has 1 atom stereocenters. The summed E-state index contributed by atoms with van der Waals surface area (Å²) in [4.78, 5) is 0.0343. The molecule has 0 saturated carbocycles. The van der Waals surface area contributed by atoms with Crippen molar-refractivity contribution in [1.29, 1.82) is 0 Å². The highest BCUT2D eigenvalue weighted by molar-refractivity contribution is 7.89. The van der Waals surface area contributed by atoms with Crippen LogP contribution in [0.15, 0.2) is 17.0 Å². The number of benzene rings is 1. The number of rotatable bonds is 5. The van der Waals surface area contributed by atoms with E-state index in [0.717, 1.165) is 0 Å². The van der Waals surface area contributed by atoms with Gasteiger partial charge in [0.1, 0.15) is 17.2 Å². The van der Waals surface area contributed by atoms with E-state index < -0.39 is 10.0 Å². The van der Waals surface area contributed by atoms with Crippen molar-refractivity contribution < 1.29 is 22.6 Å². The number of nitrogens with one attached hydrogen (secondary N) is 1. The van der Waals surface area contributed by atoms with Gasteiger partial charge in [-0.15, -0.1) is 0 Å². The van der Waals surface area contributed by atoms with Gasteiger partial charge in [-0.25, -0.2) is 8.42 Å². The molecule has 1 aromatic carbocycles. The van der Waals surface area contributed by atoms with Crippen LogP contribution in [0.3, 0.4) is 0 Å². The largest absolute Gasteiger partial charge is 0.496 e. The average Bonchev–Trinajstić information content (AvgIpc) is 2.53. The Morgan fingerprint density at radius 3 is 2.18 bits per heavy atom. The van der Waals surface area contributed by atoms with Gasteiger partial charge in [-0.1, -0.05) is 0 Å². The van der Waals surface area contributed by atoms with Crippen LogP contribution in [0.25, 0.3) is 0 Å². The zero-order valence-electron chi connectivity index (χ0n) is 13.3. The molecule has 0 aliphatic carbocycles. The molecule has 1 heterocycles. The zero-order valence-corrected chi connectivity index (χ0v) is 14.1. The van der Waals surface area contributed by atoms with Crippen molar-refractivity contribution in [3.63, 3.8) is 0 Å². The fourth-order valence-electron chi connectivity index (χ4n) is 2.52. The zero-order chi connectivity index (χ0) is 16.3. The molecular weight excluding hydrogens is 308 g/mol. The summed E-state index contributed by atoms with van der Waals surface area (Å²) in [6.07, 6.45) is 0. The van der Waals surface area contributed by atoms with E-state index in [1.807, 2.05) is 6.92 Å². The normalized spacial score (nSPS) is 19.7. The quantitative estimate of drug-likeness (QED) is 0.856. The first-order valence-electron chi connectivity index (χ1n) is 6.98. The van der Waals surface area contributed by atoms with Crippen LogP contribution in [0.2, 0.25) is 0 Å². The average molecular weight is 330 g/mol. The van der Waals surface area contributed by atoms with Crippen LogP contribution in [0.1, 0.15) is 6.92 Å². The molecule has 0 radical (unpaired) electrons. The second-order valence-electron chi connectivity index (χ2n) is 5.03. The number of ether oxygens (including phenoxy) is 3. The Labute approximate surface area is 131 Å². The predicted molar refractivity (Wildman–Crippen MR) is 82.3 cm³/mol. The maximum absolute atomic E-state index is 13.1. The standard InChI is InChI=1S/C14H22N2O5S/c1-10-9-15-5-6-16(10)22(17,18)14-12(20-3)7-11(19-2)8-13(14)21-4/h7-8,10,15H,5-6,9H2,1-4H3. The lowest BCUT2D eigenvalue weighted by molar-refractivity contribution is 0.280. The summed E-state index contributed by atoms with van der Waals surface area (Å²) in [6, 6.07) is 2.94. The third-order valence-corrected chi connectivity index (χ3v) is 5.76. The molecule has 1 aliphatic rings. The summed E-state index contributed by atoms with van der Waals surface area (Å²) >= 11 is 0. The molecule has 1 saturated heterocycles. The van der Waals surface area contributed by atoms with E-state index in [1.165, 1.54) is 25.6 Å². The summed E-state index contributed by atoms with van der Waals surface area (Å²) in [6.45, 7) is 3.50. The summed E-state index contributed by atoms with van der Waals surface area (Å²) in [5.74, 6) is 0.893. The molecule has 1 unspecified atom stereocenters. The molecule has 0 aromatic heterocycles. The van der Waals surface area contributed by atoms with E-state index in [-0.39, 0.29) is 22.4 Å². The van der Waals surface area contributed by atoms with Gasteiger partial charge in [0.25, 0.3) is 10.0 Å². The second-order valence-corrected chi connectivity index (χ2v) is 6.86. The van der Waals surface area contributed by atoms with Gasteiger partial charge in [0.05, 0.1) is 21.3 Å². The highest BCUT2D eigenvalue weighted by Gasteiger charge is 2.36. The van der Waals surface area contributed by atoms with Crippen LogP contribution in [0, 0.1) is 0 Å². The molecule has 0 spiro atoms. The minimum absolute atomic E-state index is 0.0343. The highest BCUT2D eigenvalue weighted by atomic mass is 32.2. The fourth-order valence-corrected chi connectivity index (χ4v) is 4.43. The SMILES string of the molecule is COc1cc(OC)c(S(=O)(=O)N2CCNCC2C)c(OC)c1. The molecular formula is C14H22N2O5S. The molecule has 0 amide bonds. The van der Waals surface area contributed by atoms with Crippen molar-refractivity contribution >= 4 is 10.0 Å². The first-order valence-corrected chi connectivity index (χ1v) is 8.42. The van der Waals surface area contributed by atoms with Crippen molar-refractivity contribution in [3.05, 3.63) is 12.1 Å². The molecule has 1 N–H and O–H groups in total. The first kappa shape index (κ1) is 16.9. The fraction of sp³-hybridized carbons (Fsp3) is 0.571. The van der Waals surface area contributed by atoms with E-state index >= 15 is 0 Å². The molecule has 8 heteroatoms. The first-order chi connectivity index (χ1) is 10.5.